The summed E-state index contributed by atoms with van der Waals surface area (Å²) >= 11 is 0. The highest BCUT2D eigenvalue weighted by molar-refractivity contribution is 5.94. The first-order chi connectivity index (χ1) is 13.7. The molecule has 1 aromatic carbocycles. The van der Waals surface area contributed by atoms with Crippen molar-refractivity contribution in [2.75, 3.05) is 26.3 Å². The van der Waals surface area contributed by atoms with E-state index in [-0.39, 0.29) is 24.5 Å². The highest BCUT2D eigenvalue weighted by atomic mass is 16.5. The van der Waals surface area contributed by atoms with Gasteiger partial charge in [-0.05, 0) is 44.0 Å². The van der Waals surface area contributed by atoms with E-state index in [0.29, 0.717) is 49.6 Å². The number of nitrogens with zero attached hydrogens (tertiary/aromatic N) is 2. The average molecular weight is 383 g/mol. The van der Waals surface area contributed by atoms with E-state index in [1.807, 2.05) is 25.1 Å². The van der Waals surface area contributed by atoms with Gasteiger partial charge in [0, 0.05) is 31.5 Å². The van der Waals surface area contributed by atoms with Crippen LogP contribution in [0.2, 0.25) is 0 Å². The highest BCUT2D eigenvalue weighted by Crippen LogP contribution is 2.26. The summed E-state index contributed by atoms with van der Waals surface area (Å²) in [6, 6.07) is 10.8. The van der Waals surface area contributed by atoms with Crippen LogP contribution < -0.4 is 14.8 Å². The summed E-state index contributed by atoms with van der Waals surface area (Å²) in [5, 5.41) is 3.01. The fourth-order valence-electron chi connectivity index (χ4n) is 3.11. The number of hydrogen-bond donors (Lipinski definition) is 1. The van der Waals surface area contributed by atoms with Crippen LogP contribution in [-0.2, 0) is 4.79 Å². The van der Waals surface area contributed by atoms with Gasteiger partial charge in [0.25, 0.3) is 11.8 Å². The topological polar surface area (TPSA) is 80.8 Å². The SMILES string of the molecule is CCOc1ccccc1OCC(=O)N1CCC(NC(=O)c2cccnc2)CC1. The van der Waals surface area contributed by atoms with Gasteiger partial charge in [0.05, 0.1) is 12.2 Å². The predicted octanol–water partition coefficient (Wildman–Crippen LogP) is 2.28. The molecule has 28 heavy (non-hydrogen) atoms. The molecule has 0 bridgehead atoms. The zero-order valence-electron chi connectivity index (χ0n) is 16.0. The highest BCUT2D eigenvalue weighted by Gasteiger charge is 2.24. The van der Waals surface area contributed by atoms with Crippen LogP contribution in [0.4, 0.5) is 0 Å². The first-order valence-electron chi connectivity index (χ1n) is 9.50. The first kappa shape index (κ1) is 19.7. The van der Waals surface area contributed by atoms with Gasteiger partial charge in [0.15, 0.2) is 18.1 Å². The second-order valence-corrected chi connectivity index (χ2v) is 6.54. The van der Waals surface area contributed by atoms with Gasteiger partial charge in [-0.25, -0.2) is 0 Å². The quantitative estimate of drug-likeness (QED) is 0.793. The van der Waals surface area contributed by atoms with Crippen LogP contribution in [0.3, 0.4) is 0 Å². The Morgan fingerprint density at radius 3 is 2.46 bits per heavy atom. The number of nitrogens with one attached hydrogen (secondary N) is 1. The molecule has 1 fully saturated rings. The van der Waals surface area contributed by atoms with E-state index in [1.165, 1.54) is 0 Å². The minimum absolute atomic E-state index is 0.0310. The van der Waals surface area contributed by atoms with Crippen molar-refractivity contribution in [3.05, 3.63) is 54.4 Å². The molecule has 1 aromatic heterocycles. The Morgan fingerprint density at radius 1 is 1.11 bits per heavy atom. The standard InChI is InChI=1S/C21H25N3O4/c1-2-27-18-7-3-4-8-19(18)28-15-20(25)24-12-9-17(10-13-24)23-21(26)16-6-5-11-22-14-16/h3-8,11,14,17H,2,9-10,12-13,15H2,1H3,(H,23,26). The molecule has 0 unspecified atom stereocenters. The second-order valence-electron chi connectivity index (χ2n) is 6.54. The summed E-state index contributed by atoms with van der Waals surface area (Å²) in [5.74, 6) is 1.00. The number of hydrogen-bond acceptors (Lipinski definition) is 5. The zero-order chi connectivity index (χ0) is 19.8. The second kappa shape index (κ2) is 9.73. The lowest BCUT2D eigenvalue weighted by Crippen LogP contribution is -2.47. The maximum atomic E-state index is 12.5. The number of benzene rings is 1. The van der Waals surface area contributed by atoms with Crippen LogP contribution in [0.15, 0.2) is 48.8 Å². The summed E-state index contributed by atoms with van der Waals surface area (Å²) in [5.41, 5.74) is 0.544. The van der Waals surface area contributed by atoms with E-state index in [0.717, 1.165) is 0 Å². The zero-order valence-corrected chi connectivity index (χ0v) is 16.0. The third-order valence-electron chi connectivity index (χ3n) is 4.61. The molecule has 1 N–H and O–H groups in total. The number of amides is 2. The summed E-state index contributed by atoms with van der Waals surface area (Å²) < 4.78 is 11.2. The predicted molar refractivity (Wildman–Crippen MR) is 104 cm³/mol. The molecule has 1 saturated heterocycles. The number of ether oxygens (including phenoxy) is 2. The number of piperidine rings is 1. The number of carbonyl (C=O) groups excluding carboxylic acids is 2. The molecule has 2 amide bonds. The Balaban J connectivity index is 1.44. The summed E-state index contributed by atoms with van der Waals surface area (Å²) in [7, 11) is 0. The largest absolute Gasteiger partial charge is 0.490 e. The van der Waals surface area contributed by atoms with E-state index in [1.54, 1.807) is 35.5 Å². The van der Waals surface area contributed by atoms with Crippen molar-refractivity contribution in [1.29, 1.82) is 0 Å². The fraction of sp³-hybridized carbons (Fsp3) is 0.381. The fourth-order valence-corrected chi connectivity index (χ4v) is 3.11. The molecular weight excluding hydrogens is 358 g/mol. The Labute approximate surface area is 164 Å². The Morgan fingerprint density at radius 2 is 1.82 bits per heavy atom. The van der Waals surface area contributed by atoms with Gasteiger partial charge in [-0.3, -0.25) is 14.6 Å². The number of pyridine rings is 1. The van der Waals surface area contributed by atoms with Crippen molar-refractivity contribution in [1.82, 2.24) is 15.2 Å². The van der Waals surface area contributed by atoms with Gasteiger partial charge >= 0.3 is 0 Å². The lowest BCUT2D eigenvalue weighted by molar-refractivity contribution is -0.134. The van der Waals surface area contributed by atoms with Crippen molar-refractivity contribution in [2.45, 2.75) is 25.8 Å². The van der Waals surface area contributed by atoms with Gasteiger partial charge in [-0.1, -0.05) is 12.1 Å². The van der Waals surface area contributed by atoms with Crippen LogP contribution in [0.25, 0.3) is 0 Å². The molecule has 0 spiro atoms. The van der Waals surface area contributed by atoms with Crippen molar-refractivity contribution in [2.24, 2.45) is 0 Å². The van der Waals surface area contributed by atoms with Gasteiger partial charge in [0.2, 0.25) is 0 Å². The smallest absolute Gasteiger partial charge is 0.260 e. The van der Waals surface area contributed by atoms with Crippen molar-refractivity contribution in [3.63, 3.8) is 0 Å². The Bertz CT molecular complexity index is 789. The van der Waals surface area contributed by atoms with E-state index in [9.17, 15) is 9.59 Å². The molecular formula is C21H25N3O4. The molecule has 7 nitrogen and oxygen atoms in total. The van der Waals surface area contributed by atoms with E-state index >= 15 is 0 Å². The van der Waals surface area contributed by atoms with Crippen molar-refractivity contribution < 1.29 is 19.1 Å². The third-order valence-corrected chi connectivity index (χ3v) is 4.61. The van der Waals surface area contributed by atoms with E-state index < -0.39 is 0 Å². The monoisotopic (exact) mass is 383 g/mol. The first-order valence-corrected chi connectivity index (χ1v) is 9.50. The van der Waals surface area contributed by atoms with Crippen LogP contribution in [0.1, 0.15) is 30.1 Å². The molecule has 2 aromatic rings. The number of carbonyl (C=O) groups is 2. The third kappa shape index (κ3) is 5.22. The van der Waals surface area contributed by atoms with Crippen molar-refractivity contribution in [3.8, 4) is 11.5 Å². The normalized spacial score (nSPS) is 14.4. The van der Waals surface area contributed by atoms with Gasteiger partial charge < -0.3 is 19.7 Å². The van der Waals surface area contributed by atoms with Gasteiger partial charge in [0.1, 0.15) is 0 Å². The number of likely N-dealkylation sites (tertiary alicyclic amines) is 1. The maximum absolute atomic E-state index is 12.5. The molecule has 2 heterocycles. The summed E-state index contributed by atoms with van der Waals surface area (Å²) in [6.07, 6.45) is 4.61. The average Bonchev–Trinajstić information content (AvgIpc) is 2.74. The number of aromatic nitrogens is 1. The molecule has 0 atom stereocenters. The van der Waals surface area contributed by atoms with Crippen LogP contribution in [0, 0.1) is 0 Å². The molecule has 1 aliphatic heterocycles. The Kier molecular flexibility index (Phi) is 6.84. The molecule has 1 aliphatic rings. The van der Waals surface area contributed by atoms with Crippen LogP contribution in [-0.4, -0.2) is 54.0 Å². The lowest BCUT2D eigenvalue weighted by Gasteiger charge is -2.32. The summed E-state index contributed by atoms with van der Waals surface area (Å²) in [4.78, 5) is 30.4. The minimum Gasteiger partial charge on any atom is -0.490 e. The molecule has 148 valence electrons. The van der Waals surface area contributed by atoms with E-state index in [4.69, 9.17) is 9.47 Å². The van der Waals surface area contributed by atoms with Gasteiger partial charge in [-0.2, -0.15) is 0 Å². The summed E-state index contributed by atoms with van der Waals surface area (Å²) in [6.45, 7) is 3.59. The number of rotatable bonds is 7. The maximum Gasteiger partial charge on any atom is 0.260 e. The van der Waals surface area contributed by atoms with Crippen molar-refractivity contribution >= 4 is 11.8 Å². The molecule has 7 heteroatoms. The minimum atomic E-state index is -0.131. The lowest BCUT2D eigenvalue weighted by atomic mass is 10.0. The molecule has 0 aliphatic carbocycles. The number of para-hydroxylation sites is 2. The van der Waals surface area contributed by atoms with Crippen LogP contribution in [0.5, 0.6) is 11.5 Å². The molecule has 0 saturated carbocycles. The van der Waals surface area contributed by atoms with Gasteiger partial charge in [-0.15, -0.1) is 0 Å². The molecule has 3 rings (SSSR count). The Hall–Kier alpha value is -3.09. The molecule has 0 radical (unpaired) electrons. The van der Waals surface area contributed by atoms with E-state index in [2.05, 4.69) is 10.3 Å². The van der Waals surface area contributed by atoms with Crippen LogP contribution >= 0.6 is 0 Å².